The second-order valence-corrected chi connectivity index (χ2v) is 14.0. The molecular weight excluding hydrogens is 667 g/mol. The van der Waals surface area contributed by atoms with Crippen LogP contribution in [0.1, 0.15) is 66.0 Å². The Morgan fingerprint density at radius 3 is 2.41 bits per heavy atom. The molecule has 0 N–H and O–H groups in total. The van der Waals surface area contributed by atoms with Gasteiger partial charge in [-0.3, -0.25) is 19.5 Å². The number of piperidine rings is 2. The molecule has 2 aromatic rings. The van der Waals surface area contributed by atoms with Gasteiger partial charge in [-0.1, -0.05) is 22.0 Å². The number of halogens is 2. The molecule has 39 heavy (non-hydrogen) atoms. The molecule has 1 atom stereocenters. The van der Waals surface area contributed by atoms with Crippen molar-refractivity contribution in [2.45, 2.75) is 57.8 Å². The van der Waals surface area contributed by atoms with Crippen LogP contribution in [0.25, 0.3) is 0 Å². The van der Waals surface area contributed by atoms with Crippen LogP contribution in [0, 0.1) is 22.3 Å². The third-order valence-electron chi connectivity index (χ3n) is 8.99. The topological polar surface area (TPSA) is 56.8 Å². The summed E-state index contributed by atoms with van der Waals surface area (Å²) in [6.45, 7) is 6.12. The number of rotatable bonds is 5. The third kappa shape index (κ3) is 6.70. The SMILES string of the molecule is Cc1cc(Br)c2c(c1)CCc1cc(I)cnc1C2C1CCN(C(=O)CC2CCN(CC(=O)N(C)C)CC2)CC1. The van der Waals surface area contributed by atoms with Gasteiger partial charge in [0.25, 0.3) is 0 Å². The fourth-order valence-electron chi connectivity index (χ4n) is 6.76. The van der Waals surface area contributed by atoms with Crippen molar-refractivity contribution in [2.24, 2.45) is 11.8 Å². The van der Waals surface area contributed by atoms with Crippen LogP contribution >= 0.6 is 38.5 Å². The number of amides is 2. The van der Waals surface area contributed by atoms with E-state index in [-0.39, 0.29) is 11.8 Å². The van der Waals surface area contributed by atoms with Gasteiger partial charge in [0.2, 0.25) is 11.8 Å². The summed E-state index contributed by atoms with van der Waals surface area (Å²) in [6, 6.07) is 6.94. The predicted molar refractivity (Wildman–Crippen MR) is 167 cm³/mol. The predicted octanol–water partition coefficient (Wildman–Crippen LogP) is 5.42. The molecule has 2 aliphatic heterocycles. The Hall–Kier alpha value is -1.52. The smallest absolute Gasteiger partial charge is 0.236 e. The summed E-state index contributed by atoms with van der Waals surface area (Å²) in [5.41, 5.74) is 6.77. The number of pyridine rings is 1. The van der Waals surface area contributed by atoms with Crippen LogP contribution in [-0.2, 0) is 22.4 Å². The lowest BCUT2D eigenvalue weighted by Crippen LogP contribution is -2.43. The van der Waals surface area contributed by atoms with Gasteiger partial charge in [0.05, 0.1) is 12.2 Å². The highest BCUT2D eigenvalue weighted by molar-refractivity contribution is 14.1. The van der Waals surface area contributed by atoms with Gasteiger partial charge in [-0.25, -0.2) is 0 Å². The van der Waals surface area contributed by atoms with Gasteiger partial charge in [0, 0.05) is 53.8 Å². The van der Waals surface area contributed by atoms with E-state index in [2.05, 4.69) is 73.4 Å². The van der Waals surface area contributed by atoms with Crippen molar-refractivity contribution in [1.29, 1.82) is 0 Å². The van der Waals surface area contributed by atoms with E-state index in [4.69, 9.17) is 4.98 Å². The van der Waals surface area contributed by atoms with Crippen molar-refractivity contribution in [3.05, 3.63) is 60.4 Å². The Balaban J connectivity index is 1.23. The van der Waals surface area contributed by atoms with Crippen LogP contribution < -0.4 is 0 Å². The summed E-state index contributed by atoms with van der Waals surface area (Å²) in [4.78, 5) is 36.4. The number of aryl methyl sites for hydroxylation is 3. The number of hydrogen-bond donors (Lipinski definition) is 0. The second kappa shape index (κ2) is 12.6. The molecule has 1 aromatic carbocycles. The van der Waals surface area contributed by atoms with Crippen molar-refractivity contribution >= 4 is 50.3 Å². The van der Waals surface area contributed by atoms with Gasteiger partial charge < -0.3 is 9.80 Å². The van der Waals surface area contributed by atoms with Crippen LogP contribution in [0.3, 0.4) is 0 Å². The van der Waals surface area contributed by atoms with Gasteiger partial charge >= 0.3 is 0 Å². The zero-order valence-electron chi connectivity index (χ0n) is 23.4. The summed E-state index contributed by atoms with van der Waals surface area (Å²) in [7, 11) is 3.61. The number of likely N-dealkylation sites (tertiary alicyclic amines) is 2. The van der Waals surface area contributed by atoms with Crippen LogP contribution in [-0.4, -0.2) is 78.3 Å². The number of benzene rings is 1. The van der Waals surface area contributed by atoms with Gasteiger partial charge in [-0.2, -0.15) is 0 Å². The van der Waals surface area contributed by atoms with Crippen LogP contribution in [0.5, 0.6) is 0 Å². The van der Waals surface area contributed by atoms with Crippen molar-refractivity contribution in [3.8, 4) is 0 Å². The first-order chi connectivity index (χ1) is 18.7. The average molecular weight is 707 g/mol. The number of carbonyl (C=O) groups excluding carboxylic acids is 2. The van der Waals surface area contributed by atoms with Crippen molar-refractivity contribution in [2.75, 3.05) is 46.8 Å². The molecule has 0 radical (unpaired) electrons. The molecule has 2 fully saturated rings. The van der Waals surface area contributed by atoms with Crippen molar-refractivity contribution in [1.82, 2.24) is 19.7 Å². The molecule has 8 heteroatoms. The molecule has 3 aliphatic rings. The molecule has 5 rings (SSSR count). The van der Waals surface area contributed by atoms with Crippen LogP contribution in [0.2, 0.25) is 0 Å². The third-order valence-corrected chi connectivity index (χ3v) is 10.2. The molecule has 1 aliphatic carbocycles. The van der Waals surface area contributed by atoms with E-state index in [1.165, 1.54) is 36.0 Å². The highest BCUT2D eigenvalue weighted by Gasteiger charge is 2.36. The number of likely N-dealkylation sites (N-methyl/N-ethyl adjacent to an activating group) is 1. The Morgan fingerprint density at radius 2 is 1.72 bits per heavy atom. The van der Waals surface area contributed by atoms with E-state index in [0.29, 0.717) is 30.7 Å². The van der Waals surface area contributed by atoms with Crippen molar-refractivity contribution in [3.63, 3.8) is 0 Å². The second-order valence-electron chi connectivity index (χ2n) is 11.9. The first-order valence-electron chi connectivity index (χ1n) is 14.3. The standard InChI is InChI=1S/C31H40BrIN4O2/c1-20-14-23-4-5-24-17-25(33)18-34-31(24)30(29(23)26(32)15-20)22-8-12-37(13-9-22)27(38)16-21-6-10-36(11-7-21)19-28(39)35(2)3/h14-15,17-18,21-22,30H,4-13,16,19H2,1-3H3. The maximum absolute atomic E-state index is 13.3. The van der Waals surface area contributed by atoms with Gasteiger partial charge in [-0.05, 0) is 127 Å². The van der Waals surface area contributed by atoms with E-state index < -0.39 is 0 Å². The van der Waals surface area contributed by atoms with Crippen molar-refractivity contribution < 1.29 is 9.59 Å². The number of fused-ring (bicyclic) bond motifs is 2. The molecular formula is C31H40BrIN4O2. The lowest BCUT2D eigenvalue weighted by atomic mass is 9.76. The first-order valence-corrected chi connectivity index (χ1v) is 16.2. The summed E-state index contributed by atoms with van der Waals surface area (Å²) in [5.74, 6) is 1.61. The molecule has 1 aromatic heterocycles. The highest BCUT2D eigenvalue weighted by atomic mass is 127. The zero-order valence-corrected chi connectivity index (χ0v) is 27.1. The van der Waals surface area contributed by atoms with E-state index >= 15 is 0 Å². The molecule has 1 unspecified atom stereocenters. The number of hydrogen-bond acceptors (Lipinski definition) is 4. The average Bonchev–Trinajstić information content (AvgIpc) is 3.06. The van der Waals surface area contributed by atoms with E-state index in [1.54, 1.807) is 19.0 Å². The van der Waals surface area contributed by atoms with E-state index in [0.717, 1.165) is 64.7 Å². The maximum Gasteiger partial charge on any atom is 0.236 e. The number of carbonyl (C=O) groups is 2. The Kier molecular flexibility index (Phi) is 9.33. The minimum absolute atomic E-state index is 0.151. The molecule has 3 heterocycles. The minimum atomic E-state index is 0.151. The molecule has 0 saturated carbocycles. The van der Waals surface area contributed by atoms with Gasteiger partial charge in [0.15, 0.2) is 0 Å². The largest absolute Gasteiger partial charge is 0.348 e. The molecule has 210 valence electrons. The van der Waals surface area contributed by atoms with E-state index in [1.807, 2.05) is 6.20 Å². The summed E-state index contributed by atoms with van der Waals surface area (Å²) in [6.07, 6.45) is 8.73. The first kappa shape index (κ1) is 29.0. The monoisotopic (exact) mass is 706 g/mol. The summed E-state index contributed by atoms with van der Waals surface area (Å²) >= 11 is 6.31. The Morgan fingerprint density at radius 1 is 1.03 bits per heavy atom. The fraction of sp³-hybridized carbons (Fsp3) is 0.581. The minimum Gasteiger partial charge on any atom is -0.348 e. The quantitative estimate of drug-likeness (QED) is 0.390. The van der Waals surface area contributed by atoms with Crippen LogP contribution in [0.4, 0.5) is 0 Å². The lowest BCUT2D eigenvalue weighted by molar-refractivity contribution is -0.134. The van der Waals surface area contributed by atoms with Gasteiger partial charge in [-0.15, -0.1) is 0 Å². The number of aromatic nitrogens is 1. The highest BCUT2D eigenvalue weighted by Crippen LogP contribution is 2.45. The lowest BCUT2D eigenvalue weighted by Gasteiger charge is -2.38. The fourth-order valence-corrected chi connectivity index (χ4v) is 8.13. The molecule has 6 nitrogen and oxygen atoms in total. The van der Waals surface area contributed by atoms with Gasteiger partial charge in [0.1, 0.15) is 0 Å². The molecule has 0 spiro atoms. The van der Waals surface area contributed by atoms with E-state index in [9.17, 15) is 9.59 Å². The zero-order chi connectivity index (χ0) is 27.7. The normalized spacial score (nSPS) is 20.7. The Bertz CT molecular complexity index is 1220. The summed E-state index contributed by atoms with van der Waals surface area (Å²) < 4.78 is 2.40. The maximum atomic E-state index is 13.3. The summed E-state index contributed by atoms with van der Waals surface area (Å²) in [5, 5.41) is 0. The molecule has 0 bridgehead atoms. The molecule has 2 amide bonds. The number of nitrogens with zero attached hydrogens (tertiary/aromatic N) is 4. The van der Waals surface area contributed by atoms with Crippen LogP contribution in [0.15, 0.2) is 28.9 Å². The molecule has 2 saturated heterocycles. The Labute approximate surface area is 255 Å².